The summed E-state index contributed by atoms with van der Waals surface area (Å²) in [5, 5.41) is 0. The van der Waals surface area contributed by atoms with Crippen LogP contribution in [-0.2, 0) is 4.74 Å². The van der Waals surface area contributed by atoms with Crippen LogP contribution >= 0.6 is 0 Å². The minimum absolute atomic E-state index is 0.319. The zero-order valence-corrected chi connectivity index (χ0v) is 10.7. The molecule has 94 valence electrons. The smallest absolute Gasteiger partial charge is 0.0707 e. The van der Waals surface area contributed by atoms with E-state index in [1.54, 1.807) is 0 Å². The molecule has 2 unspecified atom stereocenters. The van der Waals surface area contributed by atoms with Crippen LogP contribution in [0.5, 0.6) is 0 Å². The van der Waals surface area contributed by atoms with Gasteiger partial charge in [-0.1, -0.05) is 0 Å². The highest BCUT2D eigenvalue weighted by atomic mass is 16.5. The van der Waals surface area contributed by atoms with Gasteiger partial charge in [0.25, 0.3) is 0 Å². The summed E-state index contributed by atoms with van der Waals surface area (Å²) in [7, 11) is 0. The van der Waals surface area contributed by atoms with E-state index in [1.165, 1.54) is 25.8 Å². The molecule has 1 saturated heterocycles. The number of nitrogens with two attached hydrogens (primary N) is 1. The lowest BCUT2D eigenvalue weighted by molar-refractivity contribution is 0.0196. The Morgan fingerprint density at radius 1 is 1.12 bits per heavy atom. The van der Waals surface area contributed by atoms with Crippen LogP contribution in [0.15, 0.2) is 0 Å². The fourth-order valence-electron chi connectivity index (χ4n) is 2.48. The van der Waals surface area contributed by atoms with E-state index in [-0.39, 0.29) is 0 Å². The van der Waals surface area contributed by atoms with Gasteiger partial charge in [-0.3, -0.25) is 4.90 Å². The summed E-state index contributed by atoms with van der Waals surface area (Å²) in [6, 6.07) is 0.640. The predicted molar refractivity (Wildman–Crippen MR) is 66.4 cm³/mol. The highest BCUT2D eigenvalue weighted by Crippen LogP contribution is 2.31. The molecule has 1 heterocycles. The molecule has 1 aliphatic carbocycles. The monoisotopic (exact) mass is 226 g/mol. The van der Waals surface area contributed by atoms with Crippen LogP contribution in [0.4, 0.5) is 0 Å². The van der Waals surface area contributed by atoms with Gasteiger partial charge in [0.15, 0.2) is 0 Å². The molecule has 0 aromatic rings. The standard InChI is InChI=1S/C13H26N2O/c1-10(2)15(8-11-3-4-11)9-13-6-5-12(7-14)16-13/h10-13H,3-9,14H2,1-2H3. The van der Waals surface area contributed by atoms with Gasteiger partial charge in [0, 0.05) is 25.7 Å². The van der Waals surface area contributed by atoms with Gasteiger partial charge in [-0.15, -0.1) is 0 Å². The van der Waals surface area contributed by atoms with Crippen LogP contribution in [0, 0.1) is 5.92 Å². The second-order valence-corrected chi connectivity index (χ2v) is 5.68. The summed E-state index contributed by atoms with van der Waals surface area (Å²) in [5.41, 5.74) is 5.64. The summed E-state index contributed by atoms with van der Waals surface area (Å²) in [4.78, 5) is 2.58. The van der Waals surface area contributed by atoms with Gasteiger partial charge < -0.3 is 10.5 Å². The first-order chi connectivity index (χ1) is 7.69. The van der Waals surface area contributed by atoms with Gasteiger partial charge in [0.1, 0.15) is 0 Å². The Kier molecular flexibility index (Phi) is 4.22. The van der Waals surface area contributed by atoms with Crippen LogP contribution < -0.4 is 5.73 Å². The fourth-order valence-corrected chi connectivity index (χ4v) is 2.48. The van der Waals surface area contributed by atoms with Crippen LogP contribution in [0.1, 0.15) is 39.5 Å². The molecule has 2 aliphatic rings. The topological polar surface area (TPSA) is 38.5 Å². The van der Waals surface area contributed by atoms with E-state index in [4.69, 9.17) is 10.5 Å². The number of hydrogen-bond acceptors (Lipinski definition) is 3. The molecule has 1 aliphatic heterocycles. The molecule has 3 nitrogen and oxygen atoms in total. The Balaban J connectivity index is 1.76. The lowest BCUT2D eigenvalue weighted by Crippen LogP contribution is -2.39. The minimum atomic E-state index is 0.319. The van der Waals surface area contributed by atoms with E-state index >= 15 is 0 Å². The Morgan fingerprint density at radius 3 is 2.31 bits per heavy atom. The maximum absolute atomic E-state index is 5.93. The third-order valence-corrected chi connectivity index (χ3v) is 3.82. The second kappa shape index (κ2) is 5.48. The molecule has 0 radical (unpaired) electrons. The molecule has 2 atom stereocenters. The molecule has 1 saturated carbocycles. The molecular weight excluding hydrogens is 200 g/mol. The molecule has 16 heavy (non-hydrogen) atoms. The van der Waals surface area contributed by atoms with E-state index in [9.17, 15) is 0 Å². The summed E-state index contributed by atoms with van der Waals surface area (Å²) in [6.07, 6.45) is 5.95. The third-order valence-electron chi connectivity index (χ3n) is 3.82. The first-order valence-electron chi connectivity index (χ1n) is 6.78. The number of ether oxygens (including phenoxy) is 1. The van der Waals surface area contributed by atoms with Crippen molar-refractivity contribution in [1.82, 2.24) is 4.90 Å². The van der Waals surface area contributed by atoms with Crippen molar-refractivity contribution >= 4 is 0 Å². The van der Waals surface area contributed by atoms with Gasteiger partial charge in [-0.2, -0.15) is 0 Å². The Hall–Kier alpha value is -0.120. The van der Waals surface area contributed by atoms with Gasteiger partial charge in [0.2, 0.25) is 0 Å². The molecule has 3 heteroatoms. The van der Waals surface area contributed by atoms with Crippen molar-refractivity contribution in [3.63, 3.8) is 0 Å². The lowest BCUT2D eigenvalue weighted by Gasteiger charge is -2.29. The van der Waals surface area contributed by atoms with Crippen molar-refractivity contribution in [2.45, 2.75) is 57.8 Å². The predicted octanol–water partition coefficient (Wildman–Crippen LogP) is 1.61. The maximum atomic E-state index is 5.93. The zero-order valence-electron chi connectivity index (χ0n) is 10.7. The van der Waals surface area contributed by atoms with E-state index < -0.39 is 0 Å². The molecule has 0 bridgehead atoms. The largest absolute Gasteiger partial charge is 0.372 e. The van der Waals surface area contributed by atoms with Crippen molar-refractivity contribution < 1.29 is 4.74 Å². The van der Waals surface area contributed by atoms with Crippen molar-refractivity contribution in [3.05, 3.63) is 0 Å². The number of hydrogen-bond donors (Lipinski definition) is 1. The summed E-state index contributed by atoms with van der Waals surface area (Å²) in [6.45, 7) is 7.63. The molecule has 2 rings (SSSR count). The zero-order chi connectivity index (χ0) is 11.5. The Labute approximate surface area is 99.3 Å². The average Bonchev–Trinajstić information content (AvgIpc) is 2.95. The molecule has 0 aromatic carbocycles. The fraction of sp³-hybridized carbons (Fsp3) is 1.00. The van der Waals surface area contributed by atoms with E-state index in [2.05, 4.69) is 18.7 Å². The molecular formula is C13H26N2O. The number of rotatable bonds is 6. The van der Waals surface area contributed by atoms with Gasteiger partial charge in [-0.05, 0) is 45.4 Å². The van der Waals surface area contributed by atoms with Crippen LogP contribution in [0.25, 0.3) is 0 Å². The first kappa shape index (κ1) is 12.3. The highest BCUT2D eigenvalue weighted by Gasteiger charge is 2.30. The van der Waals surface area contributed by atoms with Crippen molar-refractivity contribution in [1.29, 1.82) is 0 Å². The van der Waals surface area contributed by atoms with E-state index in [0.29, 0.717) is 24.8 Å². The molecule has 0 spiro atoms. The molecule has 0 aromatic heterocycles. The number of nitrogens with zero attached hydrogens (tertiary/aromatic N) is 1. The van der Waals surface area contributed by atoms with E-state index in [0.717, 1.165) is 18.9 Å². The van der Waals surface area contributed by atoms with Crippen molar-refractivity contribution in [2.75, 3.05) is 19.6 Å². The first-order valence-corrected chi connectivity index (χ1v) is 6.78. The second-order valence-electron chi connectivity index (χ2n) is 5.68. The van der Waals surface area contributed by atoms with Crippen molar-refractivity contribution in [3.8, 4) is 0 Å². The SMILES string of the molecule is CC(C)N(CC1CC1)CC1CCC(CN)O1. The van der Waals surface area contributed by atoms with Crippen molar-refractivity contribution in [2.24, 2.45) is 11.7 Å². The van der Waals surface area contributed by atoms with Gasteiger partial charge >= 0.3 is 0 Å². The molecule has 2 fully saturated rings. The quantitative estimate of drug-likeness (QED) is 0.748. The van der Waals surface area contributed by atoms with Crippen LogP contribution in [0.2, 0.25) is 0 Å². The third kappa shape index (κ3) is 3.44. The summed E-state index contributed by atoms with van der Waals surface area (Å²) >= 11 is 0. The molecule has 2 N–H and O–H groups in total. The Morgan fingerprint density at radius 2 is 1.81 bits per heavy atom. The average molecular weight is 226 g/mol. The van der Waals surface area contributed by atoms with Gasteiger partial charge in [0.05, 0.1) is 12.2 Å². The highest BCUT2D eigenvalue weighted by molar-refractivity contribution is 4.82. The Bertz CT molecular complexity index is 216. The minimum Gasteiger partial charge on any atom is -0.372 e. The molecule has 0 amide bonds. The summed E-state index contributed by atoms with van der Waals surface area (Å²) < 4.78 is 5.93. The lowest BCUT2D eigenvalue weighted by atomic mass is 10.1. The maximum Gasteiger partial charge on any atom is 0.0707 e. The summed E-state index contributed by atoms with van der Waals surface area (Å²) in [5.74, 6) is 0.967. The van der Waals surface area contributed by atoms with Gasteiger partial charge in [-0.25, -0.2) is 0 Å². The normalized spacial score (nSPS) is 30.6. The van der Waals surface area contributed by atoms with E-state index in [1.807, 2.05) is 0 Å². The van der Waals surface area contributed by atoms with Crippen LogP contribution in [-0.4, -0.2) is 42.8 Å². The van der Waals surface area contributed by atoms with Crippen LogP contribution in [0.3, 0.4) is 0 Å².